The molecule has 0 radical (unpaired) electrons. The molecule has 7 heteroatoms. The maximum Gasteiger partial charge on any atom is 0.251 e. The third-order valence-electron chi connectivity index (χ3n) is 3.91. The van der Waals surface area contributed by atoms with Crippen molar-refractivity contribution in [3.8, 4) is 0 Å². The van der Waals surface area contributed by atoms with Gasteiger partial charge in [-0.2, -0.15) is 0 Å². The highest BCUT2D eigenvalue weighted by Crippen LogP contribution is 2.18. The van der Waals surface area contributed by atoms with Gasteiger partial charge >= 0.3 is 0 Å². The summed E-state index contributed by atoms with van der Waals surface area (Å²) < 4.78 is 26.1. The van der Waals surface area contributed by atoms with Crippen LogP contribution >= 0.6 is 0 Å². The van der Waals surface area contributed by atoms with Crippen molar-refractivity contribution in [2.75, 3.05) is 18.0 Å². The molecule has 1 amide bonds. The fraction of sp³-hybridized carbons (Fsp3) is 0.353. The highest BCUT2D eigenvalue weighted by molar-refractivity contribution is 5.94. The van der Waals surface area contributed by atoms with Gasteiger partial charge in [0.05, 0.1) is 6.54 Å². The van der Waals surface area contributed by atoms with E-state index in [0.717, 1.165) is 49.6 Å². The molecule has 5 nitrogen and oxygen atoms in total. The van der Waals surface area contributed by atoms with Crippen LogP contribution in [0, 0.1) is 18.6 Å². The summed E-state index contributed by atoms with van der Waals surface area (Å²) in [5.41, 5.74) is 0.880. The number of hydrogen-bond acceptors (Lipinski definition) is 4. The fourth-order valence-corrected chi connectivity index (χ4v) is 2.70. The number of carbonyl (C=O) groups is 1. The van der Waals surface area contributed by atoms with Crippen LogP contribution in [0.4, 0.5) is 14.6 Å². The first-order valence-corrected chi connectivity index (χ1v) is 7.86. The number of halogens is 2. The molecule has 1 fully saturated rings. The van der Waals surface area contributed by atoms with Crippen molar-refractivity contribution >= 4 is 11.7 Å². The van der Waals surface area contributed by atoms with Crippen LogP contribution in [-0.2, 0) is 6.54 Å². The smallest absolute Gasteiger partial charge is 0.251 e. The van der Waals surface area contributed by atoms with Crippen molar-refractivity contribution in [2.45, 2.75) is 26.3 Å². The zero-order chi connectivity index (χ0) is 17.1. The van der Waals surface area contributed by atoms with Crippen molar-refractivity contribution in [2.24, 2.45) is 0 Å². The van der Waals surface area contributed by atoms with Gasteiger partial charge in [0, 0.05) is 30.4 Å². The second-order valence-electron chi connectivity index (χ2n) is 5.79. The number of carbonyl (C=O) groups excluding carboxylic acids is 1. The minimum atomic E-state index is -1.05. The van der Waals surface area contributed by atoms with Gasteiger partial charge in [0.2, 0.25) is 0 Å². The number of amides is 1. The van der Waals surface area contributed by atoms with E-state index in [9.17, 15) is 13.6 Å². The summed E-state index contributed by atoms with van der Waals surface area (Å²) in [5.74, 6) is -1.18. The first-order valence-electron chi connectivity index (χ1n) is 7.86. The van der Waals surface area contributed by atoms with Crippen LogP contribution in [0.25, 0.3) is 0 Å². The van der Waals surface area contributed by atoms with Crippen molar-refractivity contribution in [3.63, 3.8) is 0 Å². The summed E-state index contributed by atoms with van der Waals surface area (Å²) in [5, 5.41) is 2.64. The van der Waals surface area contributed by atoms with E-state index in [4.69, 9.17) is 0 Å². The molecule has 2 aromatic rings. The molecule has 1 saturated heterocycles. The number of anilines is 1. The standard InChI is InChI=1S/C17H18F2N4O/c1-11-8-16(23-6-2-3-7-23)22-15(21-11)10-20-17(24)12-4-5-13(18)14(19)9-12/h4-5,8-9H,2-3,6-7,10H2,1H3,(H,20,24). The van der Waals surface area contributed by atoms with Crippen LogP contribution in [0.2, 0.25) is 0 Å². The molecule has 126 valence electrons. The molecule has 2 heterocycles. The fourth-order valence-electron chi connectivity index (χ4n) is 2.70. The van der Waals surface area contributed by atoms with E-state index < -0.39 is 17.5 Å². The van der Waals surface area contributed by atoms with E-state index in [2.05, 4.69) is 20.2 Å². The molecular formula is C17H18F2N4O. The lowest BCUT2D eigenvalue weighted by Gasteiger charge is -2.17. The molecule has 0 unspecified atom stereocenters. The molecule has 1 aromatic carbocycles. The van der Waals surface area contributed by atoms with Crippen molar-refractivity contribution < 1.29 is 13.6 Å². The monoisotopic (exact) mass is 332 g/mol. The Hall–Kier alpha value is -2.57. The number of rotatable bonds is 4. The molecule has 0 aliphatic carbocycles. The summed E-state index contributed by atoms with van der Waals surface area (Å²) in [6.07, 6.45) is 2.29. The first-order chi connectivity index (χ1) is 11.5. The van der Waals surface area contributed by atoms with E-state index in [1.807, 2.05) is 13.0 Å². The molecule has 0 spiro atoms. The van der Waals surface area contributed by atoms with Crippen molar-refractivity contribution in [3.05, 3.63) is 53.0 Å². The number of nitrogens with zero attached hydrogens (tertiary/aromatic N) is 3. The minimum Gasteiger partial charge on any atom is -0.357 e. The summed E-state index contributed by atoms with van der Waals surface area (Å²) in [7, 11) is 0. The SMILES string of the molecule is Cc1cc(N2CCCC2)nc(CNC(=O)c2ccc(F)c(F)c2)n1. The normalized spacial score (nSPS) is 14.0. The third-order valence-corrected chi connectivity index (χ3v) is 3.91. The molecule has 3 rings (SSSR count). The van der Waals surface area contributed by atoms with Gasteiger partial charge in [-0.25, -0.2) is 18.7 Å². The maximum atomic E-state index is 13.2. The average Bonchev–Trinajstić information content (AvgIpc) is 3.09. The zero-order valence-corrected chi connectivity index (χ0v) is 13.4. The Bertz CT molecular complexity index is 760. The molecule has 1 aromatic heterocycles. The van der Waals surface area contributed by atoms with Gasteiger partial charge in [-0.15, -0.1) is 0 Å². The second kappa shape index (κ2) is 6.90. The Kier molecular flexibility index (Phi) is 4.69. The van der Waals surface area contributed by atoms with Gasteiger partial charge in [0.1, 0.15) is 11.6 Å². The lowest BCUT2D eigenvalue weighted by molar-refractivity contribution is 0.0949. The van der Waals surface area contributed by atoms with Gasteiger partial charge in [0.15, 0.2) is 11.6 Å². The van der Waals surface area contributed by atoms with Crippen LogP contribution < -0.4 is 10.2 Å². The predicted molar refractivity (Wildman–Crippen MR) is 85.7 cm³/mol. The lowest BCUT2D eigenvalue weighted by Crippen LogP contribution is -2.25. The summed E-state index contributed by atoms with van der Waals surface area (Å²) >= 11 is 0. The highest BCUT2D eigenvalue weighted by atomic mass is 19.2. The number of benzene rings is 1. The Labute approximate surface area is 138 Å². The van der Waals surface area contributed by atoms with Crippen molar-refractivity contribution in [1.29, 1.82) is 0 Å². The number of aryl methyl sites for hydroxylation is 1. The summed E-state index contributed by atoms with van der Waals surface area (Å²) in [6.45, 7) is 3.94. The van der Waals surface area contributed by atoms with Gasteiger partial charge in [-0.1, -0.05) is 0 Å². The molecule has 0 bridgehead atoms. The summed E-state index contributed by atoms with van der Waals surface area (Å²) in [6, 6.07) is 4.96. The molecule has 1 aliphatic rings. The lowest BCUT2D eigenvalue weighted by atomic mass is 10.2. The highest BCUT2D eigenvalue weighted by Gasteiger charge is 2.16. The van der Waals surface area contributed by atoms with Crippen LogP contribution in [0.5, 0.6) is 0 Å². The van der Waals surface area contributed by atoms with Crippen LogP contribution in [-0.4, -0.2) is 29.0 Å². The number of nitrogens with one attached hydrogen (secondary N) is 1. The zero-order valence-electron chi connectivity index (χ0n) is 13.4. The van der Waals surface area contributed by atoms with Gasteiger partial charge in [0.25, 0.3) is 5.91 Å². The molecule has 0 atom stereocenters. The van der Waals surface area contributed by atoms with E-state index in [0.29, 0.717) is 5.82 Å². The Morgan fingerprint density at radius 1 is 1.17 bits per heavy atom. The van der Waals surface area contributed by atoms with E-state index in [1.54, 1.807) is 0 Å². The third kappa shape index (κ3) is 3.67. The molecule has 0 saturated carbocycles. The Morgan fingerprint density at radius 3 is 2.62 bits per heavy atom. The molecular weight excluding hydrogens is 314 g/mol. The minimum absolute atomic E-state index is 0.0568. The van der Waals surface area contributed by atoms with Crippen molar-refractivity contribution in [1.82, 2.24) is 15.3 Å². The van der Waals surface area contributed by atoms with Gasteiger partial charge < -0.3 is 10.2 Å². The quantitative estimate of drug-likeness (QED) is 0.935. The predicted octanol–water partition coefficient (Wildman–Crippen LogP) is 2.59. The van der Waals surface area contributed by atoms with Crippen LogP contribution in [0.3, 0.4) is 0 Å². The summed E-state index contributed by atoms with van der Waals surface area (Å²) in [4.78, 5) is 23.0. The van der Waals surface area contributed by atoms with Crippen LogP contribution in [0.15, 0.2) is 24.3 Å². The Morgan fingerprint density at radius 2 is 1.92 bits per heavy atom. The molecule has 1 N–H and O–H groups in total. The van der Waals surface area contributed by atoms with Gasteiger partial charge in [-0.05, 0) is 38.0 Å². The van der Waals surface area contributed by atoms with Gasteiger partial charge in [-0.3, -0.25) is 4.79 Å². The molecule has 24 heavy (non-hydrogen) atoms. The number of hydrogen-bond donors (Lipinski definition) is 1. The van der Waals surface area contributed by atoms with E-state index >= 15 is 0 Å². The van der Waals surface area contributed by atoms with E-state index in [1.165, 1.54) is 6.07 Å². The van der Waals surface area contributed by atoms with E-state index in [-0.39, 0.29) is 12.1 Å². The number of aromatic nitrogens is 2. The topological polar surface area (TPSA) is 58.1 Å². The first kappa shape index (κ1) is 16.3. The largest absolute Gasteiger partial charge is 0.357 e. The maximum absolute atomic E-state index is 13.2. The average molecular weight is 332 g/mol. The second-order valence-corrected chi connectivity index (χ2v) is 5.79. The van der Waals surface area contributed by atoms with Crippen LogP contribution in [0.1, 0.15) is 34.7 Å². The Balaban J connectivity index is 1.69. The molecule has 1 aliphatic heterocycles.